The van der Waals surface area contributed by atoms with Gasteiger partial charge in [0.15, 0.2) is 0 Å². The highest BCUT2D eigenvalue weighted by molar-refractivity contribution is 5.89. The molecule has 5 heteroatoms. The Morgan fingerprint density at radius 3 is 2.74 bits per heavy atom. The number of hydrogen-bond donors (Lipinski definition) is 1. The lowest BCUT2D eigenvalue weighted by molar-refractivity contribution is -0.00975. The van der Waals surface area contributed by atoms with Crippen LogP contribution >= 0.6 is 0 Å². The predicted molar refractivity (Wildman–Crippen MR) is 103 cm³/mol. The lowest BCUT2D eigenvalue weighted by Crippen LogP contribution is -2.50. The van der Waals surface area contributed by atoms with Gasteiger partial charge < -0.3 is 14.6 Å². The zero-order valence-electron chi connectivity index (χ0n) is 15.7. The number of anilines is 1. The number of benzene rings is 1. The summed E-state index contributed by atoms with van der Waals surface area (Å²) in [6.07, 6.45) is 6.15. The number of halogens is 1. The van der Waals surface area contributed by atoms with E-state index in [0.717, 1.165) is 12.3 Å². The first-order chi connectivity index (χ1) is 12.9. The highest BCUT2D eigenvalue weighted by atomic mass is 19.1. The van der Waals surface area contributed by atoms with Gasteiger partial charge in [-0.1, -0.05) is 37.6 Å². The number of allylic oxidation sites excluding steroid dienone is 1. The number of rotatable bonds is 5. The average Bonchev–Trinajstić information content (AvgIpc) is 3.16. The van der Waals surface area contributed by atoms with Gasteiger partial charge in [0.2, 0.25) is 0 Å². The first-order valence-corrected chi connectivity index (χ1v) is 9.47. The summed E-state index contributed by atoms with van der Waals surface area (Å²) in [6, 6.07) is 9.55. The van der Waals surface area contributed by atoms with Crippen LogP contribution in [-0.4, -0.2) is 17.5 Å². The summed E-state index contributed by atoms with van der Waals surface area (Å²) < 4.78 is 19.4. The molecule has 1 aromatic carbocycles. The van der Waals surface area contributed by atoms with Crippen LogP contribution in [0.3, 0.4) is 0 Å². The van der Waals surface area contributed by atoms with Gasteiger partial charge in [-0.3, -0.25) is 0 Å². The smallest absolute Gasteiger partial charge is 0.322 e. The van der Waals surface area contributed by atoms with E-state index in [-0.39, 0.29) is 11.7 Å². The van der Waals surface area contributed by atoms with Crippen molar-refractivity contribution < 1.29 is 13.6 Å². The number of hydrogen-bond acceptors (Lipinski definition) is 2. The van der Waals surface area contributed by atoms with Gasteiger partial charge in [0.1, 0.15) is 11.6 Å². The van der Waals surface area contributed by atoms with Gasteiger partial charge in [-0.2, -0.15) is 0 Å². The molecule has 3 aliphatic carbocycles. The van der Waals surface area contributed by atoms with E-state index in [1.54, 1.807) is 29.4 Å². The number of nitrogens with zero attached hydrogens (tertiary/aromatic N) is 1. The molecule has 3 aliphatic rings. The fraction of sp³-hybridized carbons (Fsp3) is 0.409. The van der Waals surface area contributed by atoms with Crippen LogP contribution in [0.1, 0.15) is 32.4 Å². The molecule has 2 atom stereocenters. The molecule has 27 heavy (non-hydrogen) atoms. The van der Waals surface area contributed by atoms with Crippen LogP contribution in [0.5, 0.6) is 0 Å². The molecule has 5 rings (SSSR count). The van der Waals surface area contributed by atoms with Crippen molar-refractivity contribution in [2.24, 2.45) is 17.3 Å². The molecule has 2 amide bonds. The highest BCUT2D eigenvalue weighted by Crippen LogP contribution is 2.59. The number of nitrogens with one attached hydrogen (secondary N) is 1. The summed E-state index contributed by atoms with van der Waals surface area (Å²) in [7, 11) is 0. The molecule has 0 saturated heterocycles. The Bertz CT molecular complexity index is 857. The largest absolute Gasteiger partial charge is 0.467 e. The summed E-state index contributed by atoms with van der Waals surface area (Å²) >= 11 is 0. The molecule has 1 heterocycles. The van der Waals surface area contributed by atoms with E-state index in [1.165, 1.54) is 18.1 Å². The topological polar surface area (TPSA) is 45.5 Å². The van der Waals surface area contributed by atoms with Gasteiger partial charge in [-0.15, -0.1) is 0 Å². The Hall–Kier alpha value is -2.56. The number of amides is 2. The van der Waals surface area contributed by atoms with Crippen molar-refractivity contribution in [3.8, 4) is 0 Å². The molecule has 1 aromatic heterocycles. The number of carbonyl (C=O) groups is 1. The van der Waals surface area contributed by atoms with E-state index in [4.69, 9.17) is 4.42 Å². The zero-order valence-corrected chi connectivity index (χ0v) is 15.7. The lowest BCUT2D eigenvalue weighted by Gasteiger charge is -2.57. The van der Waals surface area contributed by atoms with Crippen LogP contribution in [-0.2, 0) is 6.54 Å². The van der Waals surface area contributed by atoms with Crippen molar-refractivity contribution in [3.63, 3.8) is 0 Å². The van der Waals surface area contributed by atoms with Crippen LogP contribution in [0, 0.1) is 23.1 Å². The average molecular weight is 368 g/mol. The maximum Gasteiger partial charge on any atom is 0.322 e. The van der Waals surface area contributed by atoms with Gasteiger partial charge in [-0.25, -0.2) is 9.18 Å². The van der Waals surface area contributed by atoms with Crippen LogP contribution < -0.4 is 5.32 Å². The van der Waals surface area contributed by atoms with E-state index in [9.17, 15) is 9.18 Å². The summed E-state index contributed by atoms with van der Waals surface area (Å²) in [4.78, 5) is 14.6. The second-order valence-corrected chi connectivity index (χ2v) is 8.17. The van der Waals surface area contributed by atoms with Gasteiger partial charge in [0.05, 0.1) is 18.5 Å². The number of fused-ring (bicyclic) bond motifs is 1. The molecule has 4 nitrogen and oxygen atoms in total. The highest BCUT2D eigenvalue weighted by Gasteiger charge is 2.51. The van der Waals surface area contributed by atoms with E-state index < -0.39 is 5.82 Å². The van der Waals surface area contributed by atoms with Crippen LogP contribution in [0.4, 0.5) is 14.9 Å². The first-order valence-electron chi connectivity index (χ1n) is 9.47. The molecule has 0 spiro atoms. The number of urea groups is 1. The number of furan rings is 1. The van der Waals surface area contributed by atoms with Crippen molar-refractivity contribution in [3.05, 3.63) is 65.9 Å². The van der Waals surface area contributed by atoms with Crippen LogP contribution in [0.2, 0.25) is 0 Å². The van der Waals surface area contributed by atoms with E-state index in [2.05, 4.69) is 25.2 Å². The summed E-state index contributed by atoms with van der Waals surface area (Å²) in [6.45, 7) is 5.51. The Balaban J connectivity index is 1.53. The maximum absolute atomic E-state index is 14.0. The Morgan fingerprint density at radius 1 is 1.26 bits per heavy atom. The van der Waals surface area contributed by atoms with Crippen molar-refractivity contribution >= 4 is 11.7 Å². The van der Waals surface area contributed by atoms with Crippen molar-refractivity contribution in [1.82, 2.24) is 4.90 Å². The maximum atomic E-state index is 14.0. The summed E-state index contributed by atoms with van der Waals surface area (Å²) in [5.74, 6) is 1.53. The van der Waals surface area contributed by atoms with Gasteiger partial charge in [-0.05, 0) is 54.4 Å². The zero-order chi connectivity index (χ0) is 19.0. The van der Waals surface area contributed by atoms with Crippen LogP contribution in [0.25, 0.3) is 0 Å². The van der Waals surface area contributed by atoms with E-state index in [0.29, 0.717) is 30.2 Å². The van der Waals surface area contributed by atoms with E-state index >= 15 is 0 Å². The summed E-state index contributed by atoms with van der Waals surface area (Å²) in [5, 5.41) is 2.70. The fourth-order valence-corrected chi connectivity index (χ4v) is 4.42. The normalized spacial score (nSPS) is 22.6. The molecule has 1 N–H and O–H groups in total. The number of carbonyl (C=O) groups excluding carboxylic acids is 1. The predicted octanol–water partition coefficient (Wildman–Crippen LogP) is 5.45. The van der Waals surface area contributed by atoms with Crippen molar-refractivity contribution in [2.75, 3.05) is 11.9 Å². The third-order valence-corrected chi connectivity index (χ3v) is 6.29. The Morgan fingerprint density at radius 2 is 2.07 bits per heavy atom. The fourth-order valence-electron chi connectivity index (χ4n) is 4.42. The number of para-hydroxylation sites is 1. The monoisotopic (exact) mass is 368 g/mol. The molecule has 2 bridgehead atoms. The molecule has 0 radical (unpaired) electrons. The van der Waals surface area contributed by atoms with Gasteiger partial charge in [0.25, 0.3) is 0 Å². The second kappa shape index (κ2) is 6.87. The second-order valence-electron chi connectivity index (χ2n) is 8.17. The van der Waals surface area contributed by atoms with Crippen molar-refractivity contribution in [2.45, 2.75) is 33.2 Å². The lowest BCUT2D eigenvalue weighted by atomic mass is 9.49. The molecule has 1 fully saturated rings. The quantitative estimate of drug-likeness (QED) is 0.714. The third-order valence-electron chi connectivity index (χ3n) is 6.29. The minimum absolute atomic E-state index is 0.189. The molecular formula is C22H25FN2O2. The molecule has 2 unspecified atom stereocenters. The van der Waals surface area contributed by atoms with E-state index in [1.807, 2.05) is 12.1 Å². The minimum atomic E-state index is -0.441. The summed E-state index contributed by atoms with van der Waals surface area (Å²) in [5.41, 5.74) is 1.79. The molecule has 142 valence electrons. The third kappa shape index (κ3) is 3.38. The molecular weight excluding hydrogens is 343 g/mol. The SMILES string of the molecule is CC1(C)C2CC=C(CN(Cc3ccco3)C(=O)Nc3ccccc3F)C1C2. The molecule has 0 aliphatic heterocycles. The van der Waals surface area contributed by atoms with Gasteiger partial charge in [0, 0.05) is 6.54 Å². The van der Waals surface area contributed by atoms with Gasteiger partial charge >= 0.3 is 6.03 Å². The minimum Gasteiger partial charge on any atom is -0.467 e. The van der Waals surface area contributed by atoms with Crippen LogP contribution in [0.15, 0.2) is 58.7 Å². The molecule has 2 aromatic rings. The Labute approximate surface area is 159 Å². The van der Waals surface area contributed by atoms with Crippen molar-refractivity contribution in [1.29, 1.82) is 0 Å². The standard InChI is InChI=1S/C22H25FN2O2/c1-22(2)16-10-9-15(18(22)12-16)13-25(14-17-6-5-11-27-17)21(26)24-20-8-4-3-7-19(20)23/h3-9,11,16,18H,10,12-14H2,1-2H3,(H,24,26). The first kappa shape index (κ1) is 17.8. The molecule has 1 saturated carbocycles. The Kier molecular flexibility index (Phi) is 4.54.